The van der Waals surface area contributed by atoms with Gasteiger partial charge in [0.1, 0.15) is 11.5 Å². The zero-order valence-electron chi connectivity index (χ0n) is 22.4. The first-order valence-corrected chi connectivity index (χ1v) is 13.5. The summed E-state index contributed by atoms with van der Waals surface area (Å²) in [5.41, 5.74) is 5.65. The van der Waals surface area contributed by atoms with Crippen LogP contribution in [0.3, 0.4) is 0 Å². The van der Waals surface area contributed by atoms with Crippen LogP contribution < -0.4 is 11.1 Å². The molecule has 208 valence electrons. The zero-order valence-corrected chi connectivity index (χ0v) is 22.4. The molecular formula is C31H32N2O7. The Kier molecular flexibility index (Phi) is 6.87. The lowest BCUT2D eigenvalue weighted by molar-refractivity contribution is -0.143. The fourth-order valence-electron chi connectivity index (χ4n) is 6.45. The Bertz CT molecular complexity index is 1520. The van der Waals surface area contributed by atoms with Gasteiger partial charge in [-0.15, -0.1) is 0 Å². The Morgan fingerprint density at radius 1 is 1.07 bits per heavy atom. The number of Topliss-reactive ketones (excluding diaryl/α,β-unsaturated/α-hetero) is 2. The molecule has 5 rings (SSSR count). The quantitative estimate of drug-likeness (QED) is 0.344. The third-order valence-electron chi connectivity index (χ3n) is 8.43. The Hall–Kier alpha value is -4.24. The topological polar surface area (TPSA) is 167 Å². The number of allylic oxidation sites excluding steroid dienone is 2. The number of fused-ring (bicyclic) bond motifs is 3. The molecule has 0 fully saturated rings. The minimum atomic E-state index is -2.44. The highest BCUT2D eigenvalue weighted by atomic mass is 16.3. The Morgan fingerprint density at radius 3 is 2.42 bits per heavy atom. The number of primary amides is 1. The van der Waals surface area contributed by atoms with Gasteiger partial charge in [-0.05, 0) is 73.4 Å². The molecule has 0 aromatic heterocycles. The second kappa shape index (κ2) is 10.1. The number of aliphatic hydroxyl groups is 2. The second-order valence-corrected chi connectivity index (χ2v) is 11.0. The third-order valence-corrected chi connectivity index (χ3v) is 8.43. The third kappa shape index (κ3) is 4.21. The van der Waals surface area contributed by atoms with E-state index in [0.29, 0.717) is 23.2 Å². The number of nitrogens with one attached hydrogen (secondary N) is 1. The lowest BCUT2D eigenvalue weighted by Crippen LogP contribution is -2.57. The lowest BCUT2D eigenvalue weighted by Gasteiger charge is -2.46. The summed E-state index contributed by atoms with van der Waals surface area (Å²) >= 11 is 0. The number of phenolic OH excluding ortho intramolecular Hbond substituents is 1. The average Bonchev–Trinajstić information content (AvgIpc) is 2.90. The summed E-state index contributed by atoms with van der Waals surface area (Å²) in [5, 5.41) is 36.3. The highest BCUT2D eigenvalue weighted by Gasteiger charge is 2.59. The molecule has 6 N–H and O–H groups in total. The predicted molar refractivity (Wildman–Crippen MR) is 147 cm³/mol. The smallest absolute Gasteiger partial charge is 0.252 e. The van der Waals surface area contributed by atoms with Crippen LogP contribution in [0.15, 0.2) is 58.9 Å². The monoisotopic (exact) mass is 544 g/mol. The van der Waals surface area contributed by atoms with E-state index in [1.54, 1.807) is 25.1 Å². The summed E-state index contributed by atoms with van der Waals surface area (Å²) in [6.07, 6.45) is 2.83. The van der Waals surface area contributed by atoms with Crippen molar-refractivity contribution < 1.29 is 34.5 Å². The highest BCUT2D eigenvalue weighted by Crippen LogP contribution is 2.52. The van der Waals surface area contributed by atoms with Crippen molar-refractivity contribution in [2.45, 2.75) is 58.0 Å². The fourth-order valence-corrected chi connectivity index (χ4v) is 6.45. The number of unbranched alkanes of at least 4 members (excludes halogenated alkanes) is 1. The number of carbonyl (C=O) groups is 4. The van der Waals surface area contributed by atoms with Crippen molar-refractivity contribution in [3.05, 3.63) is 70.0 Å². The van der Waals surface area contributed by atoms with Crippen molar-refractivity contribution in [3.8, 4) is 16.9 Å². The first-order valence-electron chi connectivity index (χ1n) is 13.5. The summed E-state index contributed by atoms with van der Waals surface area (Å²) in [6, 6.07) is 10.3. The largest absolute Gasteiger partial charge is 0.508 e. The van der Waals surface area contributed by atoms with Crippen molar-refractivity contribution in [1.29, 1.82) is 0 Å². The normalized spacial score (nSPS) is 23.9. The van der Waals surface area contributed by atoms with Crippen molar-refractivity contribution in [1.82, 2.24) is 0 Å². The van der Waals surface area contributed by atoms with Crippen molar-refractivity contribution in [2.24, 2.45) is 17.6 Å². The molecule has 3 aliphatic rings. The predicted octanol–water partition coefficient (Wildman–Crippen LogP) is 3.88. The molecule has 2 amide bonds. The van der Waals surface area contributed by atoms with Crippen LogP contribution in [0.25, 0.3) is 11.1 Å². The number of aliphatic hydroxyl groups excluding tert-OH is 1. The van der Waals surface area contributed by atoms with Crippen LogP contribution in [0.2, 0.25) is 0 Å². The zero-order chi connectivity index (χ0) is 28.9. The van der Waals surface area contributed by atoms with Crippen LogP contribution in [0.4, 0.5) is 5.69 Å². The van der Waals surface area contributed by atoms with E-state index in [1.165, 1.54) is 6.07 Å². The lowest BCUT2D eigenvalue weighted by atomic mass is 9.59. The summed E-state index contributed by atoms with van der Waals surface area (Å²) in [7, 11) is 0. The van der Waals surface area contributed by atoms with Gasteiger partial charge < -0.3 is 26.4 Å². The molecule has 3 atom stereocenters. The van der Waals surface area contributed by atoms with Gasteiger partial charge in [0, 0.05) is 23.6 Å². The molecule has 3 aliphatic carbocycles. The van der Waals surface area contributed by atoms with Gasteiger partial charge in [0.25, 0.3) is 5.91 Å². The number of phenols is 1. The number of carbonyl (C=O) groups excluding carboxylic acids is 4. The van der Waals surface area contributed by atoms with Crippen molar-refractivity contribution in [2.75, 3.05) is 5.32 Å². The van der Waals surface area contributed by atoms with E-state index in [-0.39, 0.29) is 47.6 Å². The number of amides is 2. The fraction of sp³-hybridized carbons (Fsp3) is 0.355. The van der Waals surface area contributed by atoms with E-state index in [1.807, 2.05) is 19.1 Å². The van der Waals surface area contributed by atoms with Crippen LogP contribution in [0.5, 0.6) is 5.75 Å². The van der Waals surface area contributed by atoms with E-state index in [2.05, 4.69) is 5.32 Å². The van der Waals surface area contributed by atoms with Gasteiger partial charge in [0.2, 0.25) is 11.7 Å². The van der Waals surface area contributed by atoms with Gasteiger partial charge in [-0.1, -0.05) is 37.1 Å². The van der Waals surface area contributed by atoms with Gasteiger partial charge in [-0.3, -0.25) is 19.2 Å². The van der Waals surface area contributed by atoms with E-state index in [0.717, 1.165) is 24.0 Å². The van der Waals surface area contributed by atoms with E-state index in [4.69, 9.17) is 5.73 Å². The Labute approximate surface area is 231 Å². The maximum atomic E-state index is 13.8. The van der Waals surface area contributed by atoms with Gasteiger partial charge in [0.15, 0.2) is 11.4 Å². The molecule has 2 aromatic carbocycles. The van der Waals surface area contributed by atoms with E-state index >= 15 is 0 Å². The standard InChI is InChI=1S/C31H32N2O7/c1-3-4-5-23(35)33-19-8-6-16(7-9-19)20-10-11-22(34)26-21(20)14-17-13-18-12-15(2)24(30(32)39)28(37)31(18,40)29(38)25(17)27(26)36/h6-11,17-18,34,38,40H,3-5,12-14H2,1-2H3,(H2,32,39)(H,33,35)/t17-,18-,31-/m1/s1. The number of hydrogen-bond acceptors (Lipinski definition) is 7. The molecule has 0 spiro atoms. The molecule has 0 saturated heterocycles. The van der Waals surface area contributed by atoms with Crippen LogP contribution in [0, 0.1) is 11.8 Å². The maximum Gasteiger partial charge on any atom is 0.252 e. The summed E-state index contributed by atoms with van der Waals surface area (Å²) in [6.45, 7) is 3.62. The molecule has 0 unspecified atom stereocenters. The number of ketones is 2. The number of rotatable bonds is 6. The Balaban J connectivity index is 1.53. The molecule has 0 aliphatic heterocycles. The number of aromatic hydroxyl groups is 1. The molecule has 9 nitrogen and oxygen atoms in total. The van der Waals surface area contributed by atoms with Gasteiger partial charge >= 0.3 is 0 Å². The van der Waals surface area contributed by atoms with Crippen LogP contribution in [-0.4, -0.2) is 44.3 Å². The van der Waals surface area contributed by atoms with Crippen LogP contribution in [0.1, 0.15) is 61.9 Å². The number of anilines is 1. The summed E-state index contributed by atoms with van der Waals surface area (Å²) in [4.78, 5) is 51.1. The molecule has 0 heterocycles. The highest BCUT2D eigenvalue weighted by molar-refractivity contribution is 6.24. The van der Waals surface area contributed by atoms with E-state index in [9.17, 15) is 34.5 Å². The van der Waals surface area contributed by atoms with Crippen molar-refractivity contribution >= 4 is 29.1 Å². The molecule has 9 heteroatoms. The Morgan fingerprint density at radius 2 is 1.77 bits per heavy atom. The SMILES string of the molecule is CCCCC(=O)Nc1ccc(-c2ccc(O)c3c2C[C@H]2C[C@H]4CC(C)=C(C(N)=O)C(=O)[C@@]4(O)C(O)=C2C3=O)cc1. The molecule has 40 heavy (non-hydrogen) atoms. The van der Waals surface area contributed by atoms with Crippen molar-refractivity contribution in [3.63, 3.8) is 0 Å². The van der Waals surface area contributed by atoms with Crippen LogP contribution >= 0.6 is 0 Å². The number of nitrogens with two attached hydrogens (primary N) is 1. The molecule has 0 bridgehead atoms. The molecule has 0 radical (unpaired) electrons. The molecule has 0 saturated carbocycles. The maximum absolute atomic E-state index is 13.8. The minimum Gasteiger partial charge on any atom is -0.508 e. The van der Waals surface area contributed by atoms with Gasteiger partial charge in [-0.2, -0.15) is 0 Å². The van der Waals surface area contributed by atoms with Gasteiger partial charge in [-0.25, -0.2) is 0 Å². The average molecular weight is 545 g/mol. The molecular weight excluding hydrogens is 512 g/mol. The summed E-state index contributed by atoms with van der Waals surface area (Å²) < 4.78 is 0. The first kappa shape index (κ1) is 27.3. The van der Waals surface area contributed by atoms with Crippen LogP contribution in [-0.2, 0) is 20.8 Å². The first-order chi connectivity index (χ1) is 19.0. The second-order valence-electron chi connectivity index (χ2n) is 11.0. The molecule has 2 aromatic rings. The number of hydrogen-bond donors (Lipinski definition) is 5. The summed E-state index contributed by atoms with van der Waals surface area (Å²) in [5.74, 6) is -5.05. The van der Waals surface area contributed by atoms with E-state index < -0.39 is 40.7 Å². The van der Waals surface area contributed by atoms with Gasteiger partial charge in [0.05, 0.1) is 11.1 Å². The minimum absolute atomic E-state index is 0.000555. The number of benzene rings is 2.